The van der Waals surface area contributed by atoms with Gasteiger partial charge in [0.25, 0.3) is 0 Å². The van der Waals surface area contributed by atoms with Gasteiger partial charge in [0.1, 0.15) is 5.01 Å². The fourth-order valence-electron chi connectivity index (χ4n) is 1.85. The van der Waals surface area contributed by atoms with E-state index in [-0.39, 0.29) is 6.04 Å². The molecular weight excluding hydrogens is 272 g/mol. The van der Waals surface area contributed by atoms with Gasteiger partial charge in [-0.05, 0) is 25.0 Å². The lowest BCUT2D eigenvalue weighted by atomic mass is 10.1. The predicted octanol–water partition coefficient (Wildman–Crippen LogP) is 4.58. The first-order chi connectivity index (χ1) is 9.08. The Kier molecular flexibility index (Phi) is 5.02. The lowest BCUT2D eigenvalue weighted by Crippen LogP contribution is -2.06. The fraction of sp³-hybridized carbons (Fsp3) is 0.400. The van der Waals surface area contributed by atoms with Crippen molar-refractivity contribution in [2.24, 2.45) is 5.73 Å². The summed E-state index contributed by atoms with van der Waals surface area (Å²) in [5.74, 6) is 1.36. The highest BCUT2D eigenvalue weighted by atomic mass is 32.2. The Morgan fingerprint density at radius 2 is 1.89 bits per heavy atom. The molecular formula is C15H20N2S2. The van der Waals surface area contributed by atoms with Crippen molar-refractivity contribution in [3.8, 4) is 0 Å². The van der Waals surface area contributed by atoms with Crippen molar-refractivity contribution in [3.63, 3.8) is 0 Å². The number of rotatable bonds is 5. The number of hydrogen-bond acceptors (Lipinski definition) is 4. The molecule has 1 aromatic heterocycles. The van der Waals surface area contributed by atoms with E-state index in [2.05, 4.69) is 38.1 Å². The Morgan fingerprint density at radius 1 is 1.21 bits per heavy atom. The Bertz CT molecular complexity index is 493. The van der Waals surface area contributed by atoms with Gasteiger partial charge in [-0.15, -0.1) is 23.1 Å². The molecule has 0 aliphatic rings. The molecule has 1 heterocycles. The molecule has 2 rings (SSSR count). The molecule has 0 spiro atoms. The zero-order valence-electron chi connectivity index (χ0n) is 11.6. The number of benzene rings is 1. The fourth-order valence-corrected chi connectivity index (χ4v) is 3.94. The van der Waals surface area contributed by atoms with Crippen LogP contribution in [0.15, 0.2) is 35.2 Å². The average molecular weight is 292 g/mol. The molecule has 2 aromatic rings. The Morgan fingerprint density at radius 3 is 2.42 bits per heavy atom. The summed E-state index contributed by atoms with van der Waals surface area (Å²) in [6, 6.07) is 10.5. The second-order valence-electron chi connectivity index (χ2n) is 4.90. The second kappa shape index (κ2) is 6.55. The first kappa shape index (κ1) is 14.6. The second-order valence-corrected chi connectivity index (χ2v) is 7.07. The van der Waals surface area contributed by atoms with Crippen LogP contribution in [0.1, 0.15) is 48.3 Å². The van der Waals surface area contributed by atoms with E-state index in [0.717, 1.165) is 5.75 Å². The highest BCUT2D eigenvalue weighted by molar-refractivity contribution is 7.98. The van der Waals surface area contributed by atoms with E-state index in [1.54, 1.807) is 11.3 Å². The third-order valence-corrected chi connectivity index (χ3v) is 5.27. The number of aromatic nitrogens is 1. The first-order valence-corrected chi connectivity index (χ1v) is 8.31. The van der Waals surface area contributed by atoms with Crippen molar-refractivity contribution in [3.05, 3.63) is 45.9 Å². The molecule has 0 saturated heterocycles. The summed E-state index contributed by atoms with van der Waals surface area (Å²) < 4.78 is 0. The van der Waals surface area contributed by atoms with Crippen molar-refractivity contribution in [2.45, 2.75) is 43.4 Å². The van der Waals surface area contributed by atoms with Crippen LogP contribution in [-0.2, 0) is 5.75 Å². The van der Waals surface area contributed by atoms with Crippen LogP contribution in [0.25, 0.3) is 0 Å². The molecule has 1 aromatic carbocycles. The number of hydrogen-bond donors (Lipinski definition) is 1. The lowest BCUT2D eigenvalue weighted by molar-refractivity contribution is 0.760. The highest BCUT2D eigenvalue weighted by Crippen LogP contribution is 2.32. The van der Waals surface area contributed by atoms with Crippen LogP contribution in [0.2, 0.25) is 0 Å². The van der Waals surface area contributed by atoms with Crippen LogP contribution in [0.5, 0.6) is 0 Å². The van der Waals surface area contributed by atoms with Crippen LogP contribution in [0, 0.1) is 0 Å². The molecule has 0 saturated carbocycles. The molecule has 4 heteroatoms. The van der Waals surface area contributed by atoms with E-state index in [9.17, 15) is 0 Å². The third-order valence-electron chi connectivity index (χ3n) is 2.79. The standard InChI is InChI=1S/C15H20N2S2/c1-10(2)14-15(11(3)16)19-13(17-14)9-18-12-7-5-4-6-8-12/h4-8,10-11H,9,16H2,1-3H3. The topological polar surface area (TPSA) is 38.9 Å². The molecule has 0 bridgehead atoms. The number of nitrogens with zero attached hydrogens (tertiary/aromatic N) is 1. The molecule has 0 amide bonds. The summed E-state index contributed by atoms with van der Waals surface area (Å²) in [4.78, 5) is 7.28. The summed E-state index contributed by atoms with van der Waals surface area (Å²) in [6.45, 7) is 6.39. The Labute approximate surface area is 123 Å². The minimum absolute atomic E-state index is 0.0744. The van der Waals surface area contributed by atoms with E-state index < -0.39 is 0 Å². The van der Waals surface area contributed by atoms with Crippen LogP contribution in [0.3, 0.4) is 0 Å². The smallest absolute Gasteiger partial charge is 0.103 e. The van der Waals surface area contributed by atoms with Crippen LogP contribution in [-0.4, -0.2) is 4.98 Å². The SMILES string of the molecule is CC(C)c1nc(CSc2ccccc2)sc1C(C)N. The summed E-state index contributed by atoms with van der Waals surface area (Å²) in [5, 5.41) is 1.17. The molecule has 1 atom stereocenters. The predicted molar refractivity (Wildman–Crippen MR) is 84.8 cm³/mol. The zero-order valence-corrected chi connectivity index (χ0v) is 13.2. The third kappa shape index (κ3) is 3.81. The minimum atomic E-state index is 0.0744. The van der Waals surface area contributed by atoms with E-state index in [1.165, 1.54) is 20.5 Å². The van der Waals surface area contributed by atoms with E-state index >= 15 is 0 Å². The van der Waals surface area contributed by atoms with Gasteiger partial charge in [0.05, 0.1) is 11.4 Å². The summed E-state index contributed by atoms with van der Waals surface area (Å²) >= 11 is 3.58. The summed E-state index contributed by atoms with van der Waals surface area (Å²) in [6.07, 6.45) is 0. The van der Waals surface area contributed by atoms with Crippen molar-refractivity contribution in [1.82, 2.24) is 4.98 Å². The van der Waals surface area contributed by atoms with Crippen molar-refractivity contribution in [2.75, 3.05) is 0 Å². The maximum atomic E-state index is 6.04. The normalized spacial score (nSPS) is 12.9. The van der Waals surface area contributed by atoms with Gasteiger partial charge < -0.3 is 5.73 Å². The summed E-state index contributed by atoms with van der Waals surface area (Å²) in [5.41, 5.74) is 7.21. The van der Waals surface area contributed by atoms with Gasteiger partial charge in [0, 0.05) is 15.8 Å². The zero-order chi connectivity index (χ0) is 13.8. The number of thioether (sulfide) groups is 1. The molecule has 19 heavy (non-hydrogen) atoms. The molecule has 0 radical (unpaired) electrons. The van der Waals surface area contributed by atoms with Gasteiger partial charge in [-0.3, -0.25) is 0 Å². The van der Waals surface area contributed by atoms with Crippen molar-refractivity contribution in [1.29, 1.82) is 0 Å². The molecule has 2 N–H and O–H groups in total. The summed E-state index contributed by atoms with van der Waals surface area (Å²) in [7, 11) is 0. The van der Waals surface area contributed by atoms with Gasteiger partial charge in [-0.2, -0.15) is 0 Å². The van der Waals surface area contributed by atoms with Gasteiger partial charge in [-0.25, -0.2) is 4.98 Å². The maximum absolute atomic E-state index is 6.04. The quantitative estimate of drug-likeness (QED) is 0.820. The minimum Gasteiger partial charge on any atom is -0.323 e. The lowest BCUT2D eigenvalue weighted by Gasteiger charge is -2.07. The van der Waals surface area contributed by atoms with Gasteiger partial charge >= 0.3 is 0 Å². The largest absolute Gasteiger partial charge is 0.323 e. The van der Waals surface area contributed by atoms with E-state index in [0.29, 0.717) is 5.92 Å². The monoisotopic (exact) mass is 292 g/mol. The molecule has 1 unspecified atom stereocenters. The Balaban J connectivity index is 2.11. The van der Waals surface area contributed by atoms with Crippen LogP contribution < -0.4 is 5.73 Å². The van der Waals surface area contributed by atoms with Gasteiger partial charge in [-0.1, -0.05) is 32.0 Å². The van der Waals surface area contributed by atoms with Gasteiger partial charge in [0.15, 0.2) is 0 Å². The first-order valence-electron chi connectivity index (χ1n) is 6.51. The molecule has 0 fully saturated rings. The molecule has 0 aliphatic heterocycles. The number of thiazole rings is 1. The Hall–Kier alpha value is -0.840. The highest BCUT2D eigenvalue weighted by Gasteiger charge is 2.16. The van der Waals surface area contributed by atoms with E-state index in [4.69, 9.17) is 10.7 Å². The van der Waals surface area contributed by atoms with Crippen molar-refractivity contribution < 1.29 is 0 Å². The van der Waals surface area contributed by atoms with E-state index in [1.807, 2.05) is 24.8 Å². The molecule has 102 valence electrons. The van der Waals surface area contributed by atoms with Crippen LogP contribution in [0.4, 0.5) is 0 Å². The van der Waals surface area contributed by atoms with Crippen LogP contribution >= 0.6 is 23.1 Å². The number of nitrogens with two attached hydrogens (primary N) is 1. The average Bonchev–Trinajstić information content (AvgIpc) is 2.82. The maximum Gasteiger partial charge on any atom is 0.103 e. The van der Waals surface area contributed by atoms with Gasteiger partial charge in [0.2, 0.25) is 0 Å². The molecule has 0 aliphatic carbocycles. The van der Waals surface area contributed by atoms with Crippen molar-refractivity contribution >= 4 is 23.1 Å². The molecule has 2 nitrogen and oxygen atoms in total.